The summed E-state index contributed by atoms with van der Waals surface area (Å²) in [6.45, 7) is 1.72. The number of hydrogen-bond acceptors (Lipinski definition) is 6. The van der Waals surface area contributed by atoms with Crippen LogP contribution in [0.15, 0.2) is 55.1 Å². The molecule has 0 aromatic heterocycles. The molecule has 3 rings (SSSR count). The van der Waals surface area contributed by atoms with Crippen LogP contribution in [0, 0.1) is 0 Å². The van der Waals surface area contributed by atoms with Gasteiger partial charge in [0.25, 0.3) is 5.91 Å². The number of aliphatic hydroxyl groups excluding tert-OH is 1. The number of imide groups is 1. The second kappa shape index (κ2) is 10.5. The van der Waals surface area contributed by atoms with Gasteiger partial charge in [0, 0.05) is 0 Å². The summed E-state index contributed by atoms with van der Waals surface area (Å²) in [5.41, 5.74) is -0.0668. The van der Waals surface area contributed by atoms with E-state index in [0.29, 0.717) is 23.5 Å². The second-order valence-corrected chi connectivity index (χ2v) is 7.82. The molecule has 2 aromatic carbocycles. The number of allylic oxidation sites excluding steroid dienone is 1. The maximum absolute atomic E-state index is 13.0. The summed E-state index contributed by atoms with van der Waals surface area (Å²) in [5.74, 6) is 0.220. The molecule has 10 heteroatoms. The van der Waals surface area contributed by atoms with Crippen molar-refractivity contribution in [3.05, 3.63) is 66.2 Å². The first kappa shape index (κ1) is 25.0. The number of ether oxygens (including phenoxy) is 3. The SMILES string of the molecule is C=CCc1ccc(OC[C@@H](O)CN2C(=O)N[C@@](C)(c3ccc(OC(F)F)cc3)C2=O)c(OC)c1. The summed E-state index contributed by atoms with van der Waals surface area (Å²) in [4.78, 5) is 26.4. The zero-order chi connectivity index (χ0) is 24.9. The Hall–Kier alpha value is -3.66. The fourth-order valence-corrected chi connectivity index (χ4v) is 3.60. The van der Waals surface area contributed by atoms with Crippen LogP contribution in [0.25, 0.3) is 0 Å². The number of hydrogen-bond donors (Lipinski definition) is 2. The molecule has 3 amide bonds. The Bertz CT molecular complexity index is 1050. The Balaban J connectivity index is 1.64. The molecule has 0 spiro atoms. The first-order valence-electron chi connectivity index (χ1n) is 10.5. The van der Waals surface area contributed by atoms with Crippen molar-refractivity contribution in [2.24, 2.45) is 0 Å². The largest absolute Gasteiger partial charge is 0.493 e. The number of carbonyl (C=O) groups excluding carboxylic acids is 2. The number of nitrogens with one attached hydrogen (secondary N) is 1. The predicted molar refractivity (Wildman–Crippen MR) is 119 cm³/mol. The number of methoxy groups -OCH3 is 1. The van der Waals surface area contributed by atoms with Crippen LogP contribution in [-0.4, -0.2) is 54.9 Å². The summed E-state index contributed by atoms with van der Waals surface area (Å²) in [6, 6.07) is 10.1. The van der Waals surface area contributed by atoms with E-state index in [9.17, 15) is 23.5 Å². The minimum atomic E-state index is -2.97. The number of urea groups is 1. The monoisotopic (exact) mass is 476 g/mol. The van der Waals surface area contributed by atoms with Crippen LogP contribution < -0.4 is 19.5 Å². The molecule has 34 heavy (non-hydrogen) atoms. The number of alkyl halides is 2. The van der Waals surface area contributed by atoms with Gasteiger partial charge in [0.2, 0.25) is 0 Å². The Labute approximate surface area is 195 Å². The lowest BCUT2D eigenvalue weighted by molar-refractivity contribution is -0.132. The number of amides is 3. The molecule has 2 N–H and O–H groups in total. The van der Waals surface area contributed by atoms with Gasteiger partial charge < -0.3 is 24.6 Å². The molecular formula is C24H26F2N2O6. The van der Waals surface area contributed by atoms with Crippen molar-refractivity contribution in [3.63, 3.8) is 0 Å². The van der Waals surface area contributed by atoms with Crippen LogP contribution in [0.4, 0.5) is 13.6 Å². The number of nitrogens with zero attached hydrogens (tertiary/aromatic N) is 1. The lowest BCUT2D eigenvalue weighted by Gasteiger charge is -2.23. The lowest BCUT2D eigenvalue weighted by Crippen LogP contribution is -2.42. The molecule has 0 unspecified atom stereocenters. The van der Waals surface area contributed by atoms with Gasteiger partial charge >= 0.3 is 12.6 Å². The standard InChI is InChI=1S/C24H26F2N2O6/c1-4-5-15-6-11-19(20(12-15)32-3)33-14-17(29)13-28-21(30)24(2,27-23(28)31)16-7-9-18(10-8-16)34-22(25)26/h4,6-12,17,22,29H,1,5,13-14H2,2-3H3,(H,27,31)/t17-,24-/m0/s1. The van der Waals surface area contributed by atoms with Crippen LogP contribution >= 0.6 is 0 Å². The molecular weight excluding hydrogens is 450 g/mol. The second-order valence-electron chi connectivity index (χ2n) is 7.82. The van der Waals surface area contributed by atoms with Crippen molar-refractivity contribution in [1.29, 1.82) is 0 Å². The maximum Gasteiger partial charge on any atom is 0.387 e. The number of carbonyl (C=O) groups is 2. The Kier molecular flexibility index (Phi) is 7.72. The molecule has 1 fully saturated rings. The highest BCUT2D eigenvalue weighted by Gasteiger charge is 2.49. The van der Waals surface area contributed by atoms with Crippen LogP contribution in [0.1, 0.15) is 18.1 Å². The first-order chi connectivity index (χ1) is 16.2. The minimum Gasteiger partial charge on any atom is -0.493 e. The molecule has 0 radical (unpaired) electrons. The highest BCUT2D eigenvalue weighted by molar-refractivity contribution is 6.07. The van der Waals surface area contributed by atoms with E-state index in [1.165, 1.54) is 38.3 Å². The van der Waals surface area contributed by atoms with Gasteiger partial charge in [0.05, 0.1) is 13.7 Å². The van der Waals surface area contributed by atoms with Gasteiger partial charge in [-0.1, -0.05) is 24.3 Å². The van der Waals surface area contributed by atoms with Gasteiger partial charge in [-0.05, 0) is 48.7 Å². The Morgan fingerprint density at radius 2 is 1.88 bits per heavy atom. The van der Waals surface area contributed by atoms with Gasteiger partial charge in [-0.2, -0.15) is 8.78 Å². The molecule has 1 aliphatic heterocycles. The van der Waals surface area contributed by atoms with Crippen molar-refractivity contribution in [1.82, 2.24) is 10.2 Å². The van der Waals surface area contributed by atoms with E-state index in [2.05, 4.69) is 16.6 Å². The van der Waals surface area contributed by atoms with Gasteiger partial charge in [-0.25, -0.2) is 4.79 Å². The van der Waals surface area contributed by atoms with E-state index in [0.717, 1.165) is 10.5 Å². The van der Waals surface area contributed by atoms with E-state index in [1.54, 1.807) is 18.2 Å². The van der Waals surface area contributed by atoms with Crippen molar-refractivity contribution < 1.29 is 37.7 Å². The molecule has 0 aliphatic carbocycles. The van der Waals surface area contributed by atoms with Crippen LogP contribution in [0.5, 0.6) is 17.2 Å². The third-order valence-corrected chi connectivity index (χ3v) is 5.36. The molecule has 2 atom stereocenters. The van der Waals surface area contributed by atoms with E-state index in [1.807, 2.05) is 6.07 Å². The molecule has 0 bridgehead atoms. The predicted octanol–water partition coefficient (Wildman–Crippen LogP) is 3.23. The number of halogens is 2. The maximum atomic E-state index is 13.0. The van der Waals surface area contributed by atoms with Crippen LogP contribution in [0.3, 0.4) is 0 Å². The smallest absolute Gasteiger partial charge is 0.387 e. The topological polar surface area (TPSA) is 97.3 Å². The molecule has 1 aliphatic rings. The normalized spacial score (nSPS) is 18.6. The average molecular weight is 476 g/mol. The molecule has 0 saturated carbocycles. The van der Waals surface area contributed by atoms with Crippen LogP contribution in [0.2, 0.25) is 0 Å². The molecule has 8 nitrogen and oxygen atoms in total. The first-order valence-corrected chi connectivity index (χ1v) is 10.5. The van der Waals surface area contributed by atoms with Crippen LogP contribution in [-0.2, 0) is 16.8 Å². The summed E-state index contributed by atoms with van der Waals surface area (Å²) in [5, 5.41) is 13.0. The molecule has 182 valence electrons. The van der Waals surface area contributed by atoms with Crippen molar-refractivity contribution in [2.75, 3.05) is 20.3 Å². The molecule has 2 aromatic rings. The van der Waals surface area contributed by atoms with Crippen molar-refractivity contribution in [2.45, 2.75) is 31.6 Å². The van der Waals surface area contributed by atoms with E-state index < -0.39 is 30.2 Å². The fraction of sp³-hybridized carbons (Fsp3) is 0.333. The summed E-state index contributed by atoms with van der Waals surface area (Å²) < 4.78 is 40.0. The van der Waals surface area contributed by atoms with E-state index in [4.69, 9.17) is 9.47 Å². The highest BCUT2D eigenvalue weighted by Crippen LogP contribution is 2.31. The summed E-state index contributed by atoms with van der Waals surface area (Å²) >= 11 is 0. The minimum absolute atomic E-state index is 0.0727. The quantitative estimate of drug-likeness (QED) is 0.382. The number of aliphatic hydroxyl groups is 1. The number of benzene rings is 2. The van der Waals surface area contributed by atoms with Gasteiger partial charge in [-0.15, -0.1) is 6.58 Å². The summed E-state index contributed by atoms with van der Waals surface area (Å²) in [7, 11) is 1.50. The van der Waals surface area contributed by atoms with Gasteiger partial charge in [0.15, 0.2) is 11.5 Å². The van der Waals surface area contributed by atoms with Gasteiger partial charge in [0.1, 0.15) is 24.0 Å². The summed E-state index contributed by atoms with van der Waals surface area (Å²) in [6.07, 6.45) is 1.25. The third-order valence-electron chi connectivity index (χ3n) is 5.36. The highest BCUT2D eigenvalue weighted by atomic mass is 19.3. The zero-order valence-corrected chi connectivity index (χ0v) is 18.8. The average Bonchev–Trinajstić information content (AvgIpc) is 3.02. The van der Waals surface area contributed by atoms with E-state index in [-0.39, 0.29) is 18.9 Å². The zero-order valence-electron chi connectivity index (χ0n) is 18.8. The van der Waals surface area contributed by atoms with Gasteiger partial charge in [-0.3, -0.25) is 9.69 Å². The van der Waals surface area contributed by atoms with Crippen molar-refractivity contribution in [3.8, 4) is 17.2 Å². The lowest BCUT2D eigenvalue weighted by atomic mass is 9.92. The molecule has 1 heterocycles. The fourth-order valence-electron chi connectivity index (χ4n) is 3.60. The Morgan fingerprint density at radius 1 is 1.18 bits per heavy atom. The number of β-amino-alcohol motifs (C(OH)–C–C–N with tert-alkyl or cyclic N) is 1. The Morgan fingerprint density at radius 3 is 2.50 bits per heavy atom. The van der Waals surface area contributed by atoms with E-state index >= 15 is 0 Å². The number of rotatable bonds is 11. The van der Waals surface area contributed by atoms with Crippen molar-refractivity contribution >= 4 is 11.9 Å². The molecule has 1 saturated heterocycles. The third kappa shape index (κ3) is 5.45.